The molecule has 0 spiro atoms. The number of aromatic nitrogens is 2. The van der Waals surface area contributed by atoms with E-state index in [9.17, 15) is 0 Å². The maximum atomic E-state index is 4.58. The molecule has 0 aliphatic rings. The minimum atomic E-state index is 0.342. The number of rotatable bonds is 3. The van der Waals surface area contributed by atoms with Gasteiger partial charge >= 0.3 is 0 Å². The van der Waals surface area contributed by atoms with Crippen LogP contribution in [-0.4, -0.2) is 16.8 Å². The predicted molar refractivity (Wildman–Crippen MR) is 62.9 cm³/mol. The van der Waals surface area contributed by atoms with Crippen molar-refractivity contribution in [2.75, 3.05) is 7.05 Å². The molecule has 0 saturated heterocycles. The van der Waals surface area contributed by atoms with Crippen molar-refractivity contribution in [3.63, 3.8) is 0 Å². The van der Waals surface area contributed by atoms with Gasteiger partial charge in [-0.3, -0.25) is 4.68 Å². The van der Waals surface area contributed by atoms with Gasteiger partial charge in [-0.1, -0.05) is 18.2 Å². The number of nitrogens with zero attached hydrogens (tertiary/aromatic N) is 2. The molecule has 2 aromatic rings. The first kappa shape index (κ1) is 10.2. The van der Waals surface area contributed by atoms with Crippen LogP contribution in [0.15, 0.2) is 24.4 Å². The summed E-state index contributed by atoms with van der Waals surface area (Å²) in [4.78, 5) is 0. The Labute approximate surface area is 90.1 Å². The van der Waals surface area contributed by atoms with Gasteiger partial charge in [-0.15, -0.1) is 0 Å². The summed E-state index contributed by atoms with van der Waals surface area (Å²) in [5, 5.41) is 9.05. The summed E-state index contributed by atoms with van der Waals surface area (Å²) in [5.74, 6) is 0. The van der Waals surface area contributed by atoms with Crippen molar-refractivity contribution in [2.24, 2.45) is 0 Å². The molecule has 0 radical (unpaired) electrons. The molecular weight excluding hydrogens is 186 g/mol. The van der Waals surface area contributed by atoms with Gasteiger partial charge in [-0.05, 0) is 26.5 Å². The zero-order valence-electron chi connectivity index (χ0n) is 9.49. The quantitative estimate of drug-likeness (QED) is 0.829. The van der Waals surface area contributed by atoms with Crippen LogP contribution in [0, 0.1) is 0 Å². The van der Waals surface area contributed by atoms with Crippen LogP contribution in [0.1, 0.15) is 25.5 Å². The highest BCUT2D eigenvalue weighted by atomic mass is 15.3. The SMILES string of the molecule is CCn1cc2cccc(C(C)NC)c2n1. The molecule has 1 N–H and O–H groups in total. The molecule has 80 valence electrons. The molecule has 0 fully saturated rings. The normalized spacial score (nSPS) is 13.3. The van der Waals surface area contributed by atoms with E-state index in [0.29, 0.717) is 6.04 Å². The zero-order valence-corrected chi connectivity index (χ0v) is 9.49. The van der Waals surface area contributed by atoms with Gasteiger partial charge in [-0.25, -0.2) is 0 Å². The van der Waals surface area contributed by atoms with Crippen LogP contribution >= 0.6 is 0 Å². The second-order valence-corrected chi connectivity index (χ2v) is 3.78. The summed E-state index contributed by atoms with van der Waals surface area (Å²) >= 11 is 0. The Hall–Kier alpha value is -1.35. The van der Waals surface area contributed by atoms with Crippen molar-refractivity contribution in [1.29, 1.82) is 0 Å². The van der Waals surface area contributed by atoms with Crippen LogP contribution < -0.4 is 5.32 Å². The van der Waals surface area contributed by atoms with Crippen LogP contribution in [0.3, 0.4) is 0 Å². The summed E-state index contributed by atoms with van der Waals surface area (Å²) in [6.45, 7) is 5.18. The molecule has 1 aromatic carbocycles. The largest absolute Gasteiger partial charge is 0.313 e. The highest BCUT2D eigenvalue weighted by molar-refractivity contribution is 5.81. The van der Waals surface area contributed by atoms with Crippen molar-refractivity contribution >= 4 is 10.9 Å². The molecule has 0 aliphatic carbocycles. The zero-order chi connectivity index (χ0) is 10.8. The molecule has 0 amide bonds. The van der Waals surface area contributed by atoms with Crippen molar-refractivity contribution in [2.45, 2.75) is 26.4 Å². The molecule has 0 bridgehead atoms. The number of fused-ring (bicyclic) bond motifs is 1. The summed E-state index contributed by atoms with van der Waals surface area (Å²) in [5.41, 5.74) is 2.38. The van der Waals surface area contributed by atoms with Crippen LogP contribution in [-0.2, 0) is 6.54 Å². The highest BCUT2D eigenvalue weighted by Gasteiger charge is 2.09. The molecule has 1 unspecified atom stereocenters. The first-order chi connectivity index (χ1) is 7.26. The molecule has 1 aromatic heterocycles. The molecule has 0 saturated carbocycles. The molecule has 2 rings (SSSR count). The van der Waals surface area contributed by atoms with E-state index in [4.69, 9.17) is 0 Å². The number of hydrogen-bond acceptors (Lipinski definition) is 2. The lowest BCUT2D eigenvalue weighted by atomic mass is 10.1. The molecule has 15 heavy (non-hydrogen) atoms. The molecule has 1 heterocycles. The van der Waals surface area contributed by atoms with Gasteiger partial charge in [0.1, 0.15) is 0 Å². The van der Waals surface area contributed by atoms with Crippen molar-refractivity contribution in [3.8, 4) is 0 Å². The van der Waals surface area contributed by atoms with Gasteiger partial charge in [0, 0.05) is 24.2 Å². The third-order valence-corrected chi connectivity index (χ3v) is 2.84. The lowest BCUT2D eigenvalue weighted by Gasteiger charge is -2.10. The minimum Gasteiger partial charge on any atom is -0.313 e. The first-order valence-electron chi connectivity index (χ1n) is 5.39. The van der Waals surface area contributed by atoms with Gasteiger partial charge in [0.25, 0.3) is 0 Å². The van der Waals surface area contributed by atoms with E-state index in [2.05, 4.69) is 48.7 Å². The summed E-state index contributed by atoms with van der Waals surface area (Å²) in [6, 6.07) is 6.68. The van der Waals surface area contributed by atoms with E-state index in [-0.39, 0.29) is 0 Å². The van der Waals surface area contributed by atoms with Crippen molar-refractivity contribution in [1.82, 2.24) is 15.1 Å². The van der Waals surface area contributed by atoms with E-state index < -0.39 is 0 Å². The summed E-state index contributed by atoms with van der Waals surface area (Å²) in [7, 11) is 1.97. The average Bonchev–Trinajstić information content (AvgIpc) is 2.70. The van der Waals surface area contributed by atoms with Gasteiger partial charge in [0.15, 0.2) is 0 Å². The molecule has 3 heteroatoms. The lowest BCUT2D eigenvalue weighted by Crippen LogP contribution is -2.12. The standard InChI is InChI=1S/C12H17N3/c1-4-15-8-10-6-5-7-11(9(2)13-3)12(10)14-15/h5-9,13H,4H2,1-3H3. The molecule has 3 nitrogen and oxygen atoms in total. The first-order valence-corrected chi connectivity index (χ1v) is 5.39. The number of hydrogen-bond donors (Lipinski definition) is 1. The Morgan fingerprint density at radius 2 is 2.27 bits per heavy atom. The summed E-state index contributed by atoms with van der Waals surface area (Å²) < 4.78 is 1.98. The Morgan fingerprint density at radius 1 is 1.47 bits per heavy atom. The van der Waals surface area contributed by atoms with Crippen molar-refractivity contribution < 1.29 is 0 Å². The lowest BCUT2D eigenvalue weighted by molar-refractivity contribution is 0.645. The Morgan fingerprint density at radius 3 is 2.93 bits per heavy atom. The van der Waals surface area contributed by atoms with E-state index in [1.165, 1.54) is 10.9 Å². The second-order valence-electron chi connectivity index (χ2n) is 3.78. The fraction of sp³-hybridized carbons (Fsp3) is 0.417. The fourth-order valence-electron chi connectivity index (χ4n) is 1.78. The van der Waals surface area contributed by atoms with Gasteiger partial charge < -0.3 is 5.32 Å². The number of aryl methyl sites for hydroxylation is 1. The van der Waals surface area contributed by atoms with E-state index in [1.807, 2.05) is 11.7 Å². The predicted octanol–water partition coefficient (Wildman–Crippen LogP) is 2.34. The van der Waals surface area contributed by atoms with Gasteiger partial charge in [0.05, 0.1) is 5.52 Å². The third kappa shape index (κ3) is 1.75. The third-order valence-electron chi connectivity index (χ3n) is 2.84. The minimum absolute atomic E-state index is 0.342. The average molecular weight is 203 g/mol. The van der Waals surface area contributed by atoms with Crippen LogP contribution in [0.5, 0.6) is 0 Å². The van der Waals surface area contributed by atoms with Crippen molar-refractivity contribution in [3.05, 3.63) is 30.0 Å². The van der Waals surface area contributed by atoms with Crippen LogP contribution in [0.2, 0.25) is 0 Å². The Kier molecular flexibility index (Phi) is 2.73. The van der Waals surface area contributed by atoms with Crippen LogP contribution in [0.4, 0.5) is 0 Å². The summed E-state index contributed by atoms with van der Waals surface area (Å²) in [6.07, 6.45) is 2.10. The van der Waals surface area contributed by atoms with Crippen LogP contribution in [0.25, 0.3) is 10.9 Å². The van der Waals surface area contributed by atoms with E-state index in [1.54, 1.807) is 0 Å². The number of benzene rings is 1. The molecule has 1 atom stereocenters. The smallest absolute Gasteiger partial charge is 0.0970 e. The maximum absolute atomic E-state index is 4.58. The maximum Gasteiger partial charge on any atom is 0.0970 e. The van der Waals surface area contributed by atoms with Gasteiger partial charge in [0.2, 0.25) is 0 Å². The van der Waals surface area contributed by atoms with Gasteiger partial charge in [-0.2, -0.15) is 5.10 Å². The number of nitrogens with one attached hydrogen (secondary N) is 1. The molecular formula is C12H17N3. The highest BCUT2D eigenvalue weighted by Crippen LogP contribution is 2.22. The second kappa shape index (κ2) is 4.03. The topological polar surface area (TPSA) is 29.9 Å². The Balaban J connectivity index is 2.59. The van der Waals surface area contributed by atoms with E-state index >= 15 is 0 Å². The molecule has 0 aliphatic heterocycles. The Bertz CT molecular complexity index is 459. The monoisotopic (exact) mass is 203 g/mol. The van der Waals surface area contributed by atoms with E-state index in [0.717, 1.165) is 12.1 Å². The fourth-order valence-corrected chi connectivity index (χ4v) is 1.78.